The van der Waals surface area contributed by atoms with Gasteiger partial charge in [-0.05, 0) is 24.1 Å². The van der Waals surface area contributed by atoms with Gasteiger partial charge in [0.25, 0.3) is 0 Å². The lowest BCUT2D eigenvalue weighted by molar-refractivity contribution is 0.413. The third-order valence-electron chi connectivity index (χ3n) is 1.53. The van der Waals surface area contributed by atoms with Gasteiger partial charge in [-0.2, -0.15) is 0 Å². The van der Waals surface area contributed by atoms with Crippen molar-refractivity contribution in [2.24, 2.45) is 0 Å². The Balaban J connectivity index is 3.23. The van der Waals surface area contributed by atoms with Crippen LogP contribution in [-0.2, 0) is 9.84 Å². The van der Waals surface area contributed by atoms with Crippen LogP contribution >= 0.6 is 11.6 Å². The summed E-state index contributed by atoms with van der Waals surface area (Å²) >= 11 is 5.75. The molecule has 0 fully saturated rings. The van der Waals surface area contributed by atoms with Crippen LogP contribution in [0.15, 0.2) is 18.2 Å². The first-order valence-corrected chi connectivity index (χ1v) is 6.25. The van der Waals surface area contributed by atoms with E-state index in [2.05, 4.69) is 11.2 Å². The van der Waals surface area contributed by atoms with Crippen molar-refractivity contribution >= 4 is 21.4 Å². The highest BCUT2D eigenvalue weighted by molar-refractivity contribution is 7.95. The van der Waals surface area contributed by atoms with Crippen molar-refractivity contribution in [1.82, 2.24) is 0 Å². The summed E-state index contributed by atoms with van der Waals surface area (Å²) in [7, 11) is -1.84. The predicted molar refractivity (Wildman–Crippen MR) is 59.7 cm³/mol. The van der Waals surface area contributed by atoms with E-state index in [4.69, 9.17) is 16.3 Å². The first kappa shape index (κ1) is 11.9. The molecule has 3 nitrogen and oxygen atoms in total. The molecule has 0 saturated carbocycles. The maximum absolute atomic E-state index is 10.8. The van der Waals surface area contributed by atoms with Crippen molar-refractivity contribution in [1.29, 1.82) is 0 Å². The molecule has 0 aliphatic heterocycles. The van der Waals surface area contributed by atoms with E-state index in [1.54, 1.807) is 18.2 Å². The van der Waals surface area contributed by atoms with E-state index < -0.39 is 9.84 Å². The molecular formula is C10H9ClO3S. The van der Waals surface area contributed by atoms with Crippen molar-refractivity contribution < 1.29 is 13.2 Å². The first-order chi connectivity index (χ1) is 6.92. The van der Waals surface area contributed by atoms with Crippen LogP contribution < -0.4 is 4.74 Å². The Hall–Kier alpha value is -1.18. The van der Waals surface area contributed by atoms with Crippen LogP contribution in [0.3, 0.4) is 0 Å². The fraction of sp³-hybridized carbons (Fsp3) is 0.200. The molecule has 0 saturated heterocycles. The molecule has 0 aromatic heterocycles. The van der Waals surface area contributed by atoms with Gasteiger partial charge in [-0.1, -0.05) is 11.6 Å². The molecule has 5 heteroatoms. The van der Waals surface area contributed by atoms with Gasteiger partial charge in [-0.15, -0.1) is 0 Å². The fourth-order valence-corrected chi connectivity index (χ4v) is 1.39. The monoisotopic (exact) mass is 244 g/mol. The van der Waals surface area contributed by atoms with Gasteiger partial charge in [-0.3, -0.25) is 0 Å². The number of methoxy groups -OCH3 is 1. The quantitative estimate of drug-likeness (QED) is 0.707. The number of hydrogen-bond acceptors (Lipinski definition) is 3. The van der Waals surface area contributed by atoms with Crippen molar-refractivity contribution in [3.63, 3.8) is 0 Å². The second kappa shape index (κ2) is 4.56. The molecule has 80 valence electrons. The standard InChI is InChI=1S/C10H9ClO3S/c1-14-10-4-3-9(11)7-8(10)5-6-15(2,12)13/h3-4,7H,1-2H3. The van der Waals surface area contributed by atoms with E-state index in [0.717, 1.165) is 6.26 Å². The lowest BCUT2D eigenvalue weighted by Crippen LogP contribution is -1.91. The maximum Gasteiger partial charge on any atom is 0.214 e. The lowest BCUT2D eigenvalue weighted by atomic mass is 10.2. The molecule has 0 aliphatic rings. The zero-order valence-electron chi connectivity index (χ0n) is 8.24. The number of sulfone groups is 1. The van der Waals surface area contributed by atoms with Crippen LogP contribution in [0.2, 0.25) is 5.02 Å². The van der Waals surface area contributed by atoms with Crippen LogP contribution in [0.5, 0.6) is 5.75 Å². The van der Waals surface area contributed by atoms with E-state index in [1.165, 1.54) is 7.11 Å². The molecule has 0 bridgehead atoms. The third-order valence-corrected chi connectivity index (χ3v) is 2.24. The van der Waals surface area contributed by atoms with Gasteiger partial charge in [0.05, 0.1) is 18.9 Å². The van der Waals surface area contributed by atoms with Crippen LogP contribution in [-0.4, -0.2) is 21.8 Å². The number of benzene rings is 1. The Bertz CT molecular complexity index is 523. The minimum Gasteiger partial charge on any atom is -0.495 e. The second-order valence-corrected chi connectivity index (χ2v) is 5.03. The van der Waals surface area contributed by atoms with E-state index in [9.17, 15) is 8.42 Å². The molecular weight excluding hydrogens is 236 g/mol. The zero-order valence-corrected chi connectivity index (χ0v) is 9.82. The van der Waals surface area contributed by atoms with E-state index >= 15 is 0 Å². The summed E-state index contributed by atoms with van der Waals surface area (Å²) in [6.07, 6.45) is 1.04. The zero-order chi connectivity index (χ0) is 11.5. The summed E-state index contributed by atoms with van der Waals surface area (Å²) in [5, 5.41) is 2.60. The van der Waals surface area contributed by atoms with Gasteiger partial charge < -0.3 is 4.74 Å². The summed E-state index contributed by atoms with van der Waals surface area (Å²) in [5.41, 5.74) is 0.454. The average Bonchev–Trinajstić information content (AvgIpc) is 2.14. The molecule has 0 aliphatic carbocycles. The Morgan fingerprint density at radius 2 is 2.07 bits per heavy atom. The Labute approximate surface area is 93.9 Å². The largest absolute Gasteiger partial charge is 0.495 e. The lowest BCUT2D eigenvalue weighted by Gasteiger charge is -2.02. The highest BCUT2D eigenvalue weighted by Crippen LogP contribution is 2.21. The third kappa shape index (κ3) is 3.82. The van der Waals surface area contributed by atoms with E-state index in [0.29, 0.717) is 16.3 Å². The van der Waals surface area contributed by atoms with Crippen LogP contribution in [0, 0.1) is 11.2 Å². The van der Waals surface area contributed by atoms with Gasteiger partial charge in [0.15, 0.2) is 0 Å². The summed E-state index contributed by atoms with van der Waals surface area (Å²) < 4.78 is 26.7. The molecule has 0 spiro atoms. The Kier molecular flexibility index (Phi) is 3.61. The van der Waals surface area contributed by atoms with Gasteiger partial charge in [0, 0.05) is 10.3 Å². The first-order valence-electron chi connectivity index (χ1n) is 3.99. The smallest absolute Gasteiger partial charge is 0.214 e. The van der Waals surface area contributed by atoms with Crippen LogP contribution in [0.1, 0.15) is 5.56 Å². The molecule has 0 radical (unpaired) electrons. The average molecular weight is 245 g/mol. The van der Waals surface area contributed by atoms with Crippen LogP contribution in [0.4, 0.5) is 0 Å². The number of rotatable bonds is 1. The molecule has 1 rings (SSSR count). The summed E-state index contributed by atoms with van der Waals surface area (Å²) in [6.45, 7) is 0. The Morgan fingerprint density at radius 1 is 1.40 bits per heavy atom. The Morgan fingerprint density at radius 3 is 2.60 bits per heavy atom. The van der Waals surface area contributed by atoms with Gasteiger partial charge >= 0.3 is 0 Å². The molecule has 0 N–H and O–H groups in total. The van der Waals surface area contributed by atoms with Crippen molar-refractivity contribution in [3.8, 4) is 16.9 Å². The van der Waals surface area contributed by atoms with Crippen molar-refractivity contribution in [3.05, 3.63) is 28.8 Å². The highest BCUT2D eigenvalue weighted by atomic mass is 35.5. The van der Waals surface area contributed by atoms with E-state index in [1.807, 2.05) is 0 Å². The van der Waals surface area contributed by atoms with E-state index in [-0.39, 0.29) is 0 Å². The number of halogens is 1. The van der Waals surface area contributed by atoms with Crippen LogP contribution in [0.25, 0.3) is 0 Å². The maximum atomic E-state index is 10.8. The number of hydrogen-bond donors (Lipinski definition) is 0. The topological polar surface area (TPSA) is 43.4 Å². The molecule has 1 aromatic carbocycles. The summed E-state index contributed by atoms with van der Waals surface area (Å²) in [5.74, 6) is 2.99. The fourth-order valence-electron chi connectivity index (χ4n) is 0.926. The molecule has 0 unspecified atom stereocenters. The van der Waals surface area contributed by atoms with Gasteiger partial charge in [0.1, 0.15) is 5.75 Å². The summed E-state index contributed by atoms with van der Waals surface area (Å²) in [4.78, 5) is 0. The number of ether oxygens (including phenoxy) is 1. The molecule has 1 aromatic rings. The minimum absolute atomic E-state index is 0.454. The van der Waals surface area contributed by atoms with Gasteiger partial charge in [0.2, 0.25) is 9.84 Å². The van der Waals surface area contributed by atoms with Crippen molar-refractivity contribution in [2.45, 2.75) is 0 Å². The van der Waals surface area contributed by atoms with Gasteiger partial charge in [-0.25, -0.2) is 8.42 Å². The molecule has 0 atom stereocenters. The predicted octanol–water partition coefficient (Wildman–Crippen LogP) is 1.70. The molecule has 0 heterocycles. The molecule has 15 heavy (non-hydrogen) atoms. The normalized spacial score (nSPS) is 10.3. The van der Waals surface area contributed by atoms with Crippen molar-refractivity contribution in [2.75, 3.05) is 13.4 Å². The SMILES string of the molecule is COc1ccc(Cl)cc1C#CS(C)(=O)=O. The highest BCUT2D eigenvalue weighted by Gasteiger charge is 2.01. The minimum atomic E-state index is -3.32. The second-order valence-electron chi connectivity index (χ2n) is 2.84. The summed E-state index contributed by atoms with van der Waals surface area (Å²) in [6, 6.07) is 4.83. The molecule has 0 amide bonds.